The molecule has 0 bridgehead atoms. The molecule has 0 radical (unpaired) electrons. The molecule has 0 aliphatic carbocycles. The summed E-state index contributed by atoms with van der Waals surface area (Å²) in [4.78, 5) is 25.2. The van der Waals surface area contributed by atoms with Gasteiger partial charge in [0, 0.05) is 16.8 Å². The van der Waals surface area contributed by atoms with Crippen molar-refractivity contribution in [1.82, 2.24) is 0 Å². The average molecular weight is 484 g/mol. The SMILES string of the molecule is Cc1cccc(NC(=O)COc2ccc3c(=O)c(Oc4ccc(Cl)cc4Cl)c(C)oc3c2)c1. The molecule has 0 saturated carbocycles. The lowest BCUT2D eigenvalue weighted by molar-refractivity contribution is -0.118. The molecule has 6 nitrogen and oxygen atoms in total. The first-order valence-corrected chi connectivity index (χ1v) is 10.8. The summed E-state index contributed by atoms with van der Waals surface area (Å²) in [5.74, 6) is 0.668. The van der Waals surface area contributed by atoms with Gasteiger partial charge in [0.1, 0.15) is 22.8 Å². The summed E-state index contributed by atoms with van der Waals surface area (Å²) in [6.07, 6.45) is 0. The average Bonchev–Trinajstić information content (AvgIpc) is 2.76. The number of carbonyl (C=O) groups is 1. The summed E-state index contributed by atoms with van der Waals surface area (Å²) in [5, 5.41) is 3.80. The first kappa shape index (κ1) is 22.7. The van der Waals surface area contributed by atoms with Crippen LogP contribution in [0, 0.1) is 13.8 Å². The van der Waals surface area contributed by atoms with Crippen molar-refractivity contribution in [3.8, 4) is 17.2 Å². The molecule has 33 heavy (non-hydrogen) atoms. The molecule has 168 valence electrons. The van der Waals surface area contributed by atoms with Gasteiger partial charge in [0.15, 0.2) is 6.61 Å². The largest absolute Gasteiger partial charge is 0.484 e. The summed E-state index contributed by atoms with van der Waals surface area (Å²) in [5.41, 5.74) is 1.68. The van der Waals surface area contributed by atoms with Gasteiger partial charge >= 0.3 is 0 Å². The van der Waals surface area contributed by atoms with E-state index in [1.54, 1.807) is 43.3 Å². The van der Waals surface area contributed by atoms with Crippen LogP contribution in [0.25, 0.3) is 11.0 Å². The molecule has 0 aliphatic heterocycles. The molecule has 0 spiro atoms. The highest BCUT2D eigenvalue weighted by atomic mass is 35.5. The van der Waals surface area contributed by atoms with Crippen molar-refractivity contribution in [2.45, 2.75) is 13.8 Å². The first-order chi connectivity index (χ1) is 15.8. The van der Waals surface area contributed by atoms with E-state index in [4.69, 9.17) is 37.1 Å². The predicted molar refractivity (Wildman–Crippen MR) is 129 cm³/mol. The smallest absolute Gasteiger partial charge is 0.262 e. The van der Waals surface area contributed by atoms with E-state index in [2.05, 4.69) is 5.32 Å². The minimum absolute atomic E-state index is 0.0259. The standard InChI is InChI=1S/C25H19Cl2NO5/c1-14-4-3-5-17(10-14)28-23(29)13-31-18-7-8-19-22(12-18)32-15(2)25(24(19)30)33-21-9-6-16(26)11-20(21)27/h3-12H,13H2,1-2H3,(H,28,29). The second-order valence-corrected chi connectivity index (χ2v) is 8.20. The van der Waals surface area contributed by atoms with Gasteiger partial charge in [-0.3, -0.25) is 9.59 Å². The van der Waals surface area contributed by atoms with Crippen molar-refractivity contribution in [3.05, 3.63) is 92.3 Å². The third kappa shape index (κ3) is 5.30. The van der Waals surface area contributed by atoms with Crippen molar-refractivity contribution in [2.75, 3.05) is 11.9 Å². The highest BCUT2D eigenvalue weighted by Crippen LogP contribution is 2.33. The maximum atomic E-state index is 13.0. The molecule has 4 rings (SSSR count). The molecule has 1 N–H and O–H groups in total. The molecule has 1 heterocycles. The van der Waals surface area contributed by atoms with E-state index in [1.165, 1.54) is 6.07 Å². The summed E-state index contributed by atoms with van der Waals surface area (Å²) in [6.45, 7) is 3.36. The van der Waals surface area contributed by atoms with Crippen LogP contribution in [0.4, 0.5) is 5.69 Å². The molecule has 0 unspecified atom stereocenters. The molecular weight excluding hydrogens is 465 g/mol. The number of halogens is 2. The Hall–Kier alpha value is -3.48. The van der Waals surface area contributed by atoms with Crippen LogP contribution in [0.5, 0.6) is 17.2 Å². The van der Waals surface area contributed by atoms with Crippen molar-refractivity contribution < 1.29 is 18.7 Å². The molecular formula is C25H19Cl2NO5. The van der Waals surface area contributed by atoms with Gasteiger partial charge in [-0.15, -0.1) is 0 Å². The number of anilines is 1. The van der Waals surface area contributed by atoms with Gasteiger partial charge < -0.3 is 19.2 Å². The van der Waals surface area contributed by atoms with Crippen LogP contribution in [0.1, 0.15) is 11.3 Å². The van der Waals surface area contributed by atoms with E-state index in [0.29, 0.717) is 27.4 Å². The molecule has 1 aromatic heterocycles. The molecule has 0 atom stereocenters. The zero-order chi connectivity index (χ0) is 23.5. The number of aryl methyl sites for hydroxylation is 2. The number of amides is 1. The summed E-state index contributed by atoms with van der Waals surface area (Å²) >= 11 is 12.1. The van der Waals surface area contributed by atoms with Crippen molar-refractivity contribution in [2.24, 2.45) is 0 Å². The molecule has 0 fully saturated rings. The van der Waals surface area contributed by atoms with Gasteiger partial charge in [-0.2, -0.15) is 0 Å². The summed E-state index contributed by atoms with van der Waals surface area (Å²) in [6, 6.07) is 16.9. The fourth-order valence-corrected chi connectivity index (χ4v) is 3.66. The van der Waals surface area contributed by atoms with Crippen LogP contribution in [-0.4, -0.2) is 12.5 Å². The first-order valence-electron chi connectivity index (χ1n) is 10.00. The lowest BCUT2D eigenvalue weighted by atomic mass is 10.2. The number of nitrogens with one attached hydrogen (secondary N) is 1. The Labute approximate surface area is 199 Å². The van der Waals surface area contributed by atoms with Gasteiger partial charge in [-0.1, -0.05) is 35.3 Å². The van der Waals surface area contributed by atoms with Crippen molar-refractivity contribution in [1.29, 1.82) is 0 Å². The van der Waals surface area contributed by atoms with Crippen molar-refractivity contribution >= 4 is 45.8 Å². The lowest BCUT2D eigenvalue weighted by Gasteiger charge is -2.11. The van der Waals surface area contributed by atoms with E-state index in [9.17, 15) is 9.59 Å². The van der Waals surface area contributed by atoms with Gasteiger partial charge in [-0.05, 0) is 61.9 Å². The third-order valence-electron chi connectivity index (χ3n) is 4.76. The minimum Gasteiger partial charge on any atom is -0.484 e. The second kappa shape index (κ2) is 9.57. The van der Waals surface area contributed by atoms with Crippen LogP contribution in [-0.2, 0) is 4.79 Å². The third-order valence-corrected chi connectivity index (χ3v) is 5.29. The maximum absolute atomic E-state index is 13.0. The molecule has 4 aromatic rings. The zero-order valence-corrected chi connectivity index (χ0v) is 19.3. The zero-order valence-electron chi connectivity index (χ0n) is 17.8. The number of fused-ring (bicyclic) bond motifs is 1. The molecule has 1 amide bonds. The van der Waals surface area contributed by atoms with Crippen LogP contribution >= 0.6 is 23.2 Å². The summed E-state index contributed by atoms with van der Waals surface area (Å²) in [7, 11) is 0. The Morgan fingerprint density at radius 2 is 1.85 bits per heavy atom. The molecule has 8 heteroatoms. The van der Waals surface area contributed by atoms with E-state index in [-0.39, 0.29) is 40.2 Å². The van der Waals surface area contributed by atoms with Crippen LogP contribution < -0.4 is 20.2 Å². The number of hydrogen-bond acceptors (Lipinski definition) is 5. The Morgan fingerprint density at radius 3 is 2.61 bits per heavy atom. The van der Waals surface area contributed by atoms with E-state index < -0.39 is 0 Å². The number of benzene rings is 3. The van der Waals surface area contributed by atoms with Gasteiger partial charge in [0.05, 0.1) is 10.4 Å². The second-order valence-electron chi connectivity index (χ2n) is 7.36. The number of hydrogen-bond donors (Lipinski definition) is 1. The maximum Gasteiger partial charge on any atom is 0.262 e. The molecule has 0 saturated heterocycles. The topological polar surface area (TPSA) is 77.8 Å². The monoisotopic (exact) mass is 483 g/mol. The number of carbonyl (C=O) groups excluding carboxylic acids is 1. The quantitative estimate of drug-likeness (QED) is 0.337. The van der Waals surface area contributed by atoms with E-state index >= 15 is 0 Å². The highest BCUT2D eigenvalue weighted by Gasteiger charge is 2.16. The fourth-order valence-electron chi connectivity index (χ4n) is 3.21. The van der Waals surface area contributed by atoms with Gasteiger partial charge in [0.2, 0.25) is 11.2 Å². The predicted octanol–water partition coefficient (Wildman–Crippen LogP) is 6.53. The Balaban J connectivity index is 1.51. The van der Waals surface area contributed by atoms with Crippen molar-refractivity contribution in [3.63, 3.8) is 0 Å². The van der Waals surface area contributed by atoms with Crippen LogP contribution in [0.2, 0.25) is 10.0 Å². The summed E-state index contributed by atoms with van der Waals surface area (Å²) < 4.78 is 17.1. The number of rotatable bonds is 6. The fraction of sp³-hybridized carbons (Fsp3) is 0.120. The normalized spacial score (nSPS) is 10.8. The molecule has 0 aliphatic rings. The van der Waals surface area contributed by atoms with Gasteiger partial charge in [0.25, 0.3) is 5.91 Å². The Morgan fingerprint density at radius 1 is 1.03 bits per heavy atom. The van der Waals surface area contributed by atoms with E-state index in [1.807, 2.05) is 25.1 Å². The Kier molecular flexibility index (Phi) is 6.58. The number of ether oxygens (including phenoxy) is 2. The van der Waals surface area contributed by atoms with E-state index in [0.717, 1.165) is 5.56 Å². The van der Waals surface area contributed by atoms with Gasteiger partial charge in [-0.25, -0.2) is 0 Å². The highest BCUT2D eigenvalue weighted by molar-refractivity contribution is 6.35. The van der Waals surface area contributed by atoms with Crippen LogP contribution in [0.15, 0.2) is 69.9 Å². The molecule has 3 aromatic carbocycles. The lowest BCUT2D eigenvalue weighted by Crippen LogP contribution is -2.20. The Bertz CT molecular complexity index is 1410. The van der Waals surface area contributed by atoms with Crippen LogP contribution in [0.3, 0.4) is 0 Å². The minimum atomic E-state index is -0.358.